The molecule has 2 atom stereocenters. The standard InChI is InChI=1S/C16H21NO5/c18-10-5-9-17-12-6-1-2-7-13(12)21-16(15(17)19)22-14-8-3-4-11-20-14/h1-2,6-7,14,16,18H,3-5,8-11H2. The Kier molecular flexibility index (Phi) is 4.92. The van der Waals surface area contributed by atoms with E-state index in [1.54, 1.807) is 4.90 Å². The number of ether oxygens (including phenoxy) is 3. The molecule has 1 N–H and O–H groups in total. The maximum Gasteiger partial charge on any atom is 0.296 e. The minimum absolute atomic E-state index is 0.0318. The summed E-state index contributed by atoms with van der Waals surface area (Å²) in [5, 5.41) is 9.04. The van der Waals surface area contributed by atoms with Crippen molar-refractivity contribution in [1.82, 2.24) is 0 Å². The summed E-state index contributed by atoms with van der Waals surface area (Å²) in [6.07, 6.45) is 1.93. The second-order valence-corrected chi connectivity index (χ2v) is 5.42. The molecule has 0 aromatic heterocycles. The molecule has 0 bridgehead atoms. The van der Waals surface area contributed by atoms with Gasteiger partial charge in [0.15, 0.2) is 6.29 Å². The lowest BCUT2D eigenvalue weighted by atomic mass is 10.2. The predicted octanol–water partition coefficient (Wildman–Crippen LogP) is 1.66. The molecule has 0 radical (unpaired) electrons. The van der Waals surface area contributed by atoms with Crippen molar-refractivity contribution in [3.8, 4) is 5.75 Å². The van der Waals surface area contributed by atoms with Crippen LogP contribution in [0.3, 0.4) is 0 Å². The Morgan fingerprint density at radius 2 is 2.18 bits per heavy atom. The van der Waals surface area contributed by atoms with Gasteiger partial charge in [-0.1, -0.05) is 12.1 Å². The van der Waals surface area contributed by atoms with Gasteiger partial charge < -0.3 is 24.2 Å². The topological polar surface area (TPSA) is 68.2 Å². The van der Waals surface area contributed by atoms with Crippen LogP contribution in [0.15, 0.2) is 24.3 Å². The molecular formula is C16H21NO5. The molecule has 2 aliphatic heterocycles. The van der Waals surface area contributed by atoms with Gasteiger partial charge in [-0.15, -0.1) is 0 Å². The van der Waals surface area contributed by atoms with E-state index < -0.39 is 12.6 Å². The normalized spacial score (nSPS) is 24.8. The third-order valence-corrected chi connectivity index (χ3v) is 3.81. The Hall–Kier alpha value is -1.63. The number of carbonyl (C=O) groups excluding carboxylic acids is 1. The molecule has 1 saturated heterocycles. The second kappa shape index (κ2) is 7.09. The molecule has 1 fully saturated rings. The van der Waals surface area contributed by atoms with Gasteiger partial charge in [0.2, 0.25) is 0 Å². The van der Waals surface area contributed by atoms with E-state index in [-0.39, 0.29) is 12.5 Å². The molecule has 2 aliphatic rings. The number of para-hydroxylation sites is 2. The van der Waals surface area contributed by atoms with Gasteiger partial charge in [-0.25, -0.2) is 0 Å². The van der Waals surface area contributed by atoms with Crippen LogP contribution in [0.1, 0.15) is 25.7 Å². The quantitative estimate of drug-likeness (QED) is 0.896. The lowest BCUT2D eigenvalue weighted by Crippen LogP contribution is -2.49. The molecule has 120 valence electrons. The highest BCUT2D eigenvalue weighted by molar-refractivity contribution is 5.99. The average molecular weight is 307 g/mol. The van der Waals surface area contributed by atoms with Crippen molar-refractivity contribution in [1.29, 1.82) is 0 Å². The summed E-state index contributed by atoms with van der Waals surface area (Å²) in [5.41, 5.74) is 0.713. The molecule has 0 aliphatic carbocycles. The van der Waals surface area contributed by atoms with E-state index in [1.165, 1.54) is 0 Å². The van der Waals surface area contributed by atoms with E-state index in [4.69, 9.17) is 19.3 Å². The second-order valence-electron chi connectivity index (χ2n) is 5.42. The van der Waals surface area contributed by atoms with Crippen LogP contribution in [0, 0.1) is 0 Å². The number of hydrogen-bond donors (Lipinski definition) is 1. The molecule has 6 heteroatoms. The van der Waals surface area contributed by atoms with Crippen molar-refractivity contribution in [3.05, 3.63) is 24.3 Å². The molecule has 1 aromatic rings. The van der Waals surface area contributed by atoms with Gasteiger partial charge in [-0.2, -0.15) is 0 Å². The monoisotopic (exact) mass is 307 g/mol. The van der Waals surface area contributed by atoms with Crippen LogP contribution in [-0.4, -0.2) is 43.4 Å². The zero-order valence-electron chi connectivity index (χ0n) is 12.4. The minimum atomic E-state index is -0.989. The molecular weight excluding hydrogens is 286 g/mol. The van der Waals surface area contributed by atoms with Crippen LogP contribution in [0.2, 0.25) is 0 Å². The number of rotatable bonds is 5. The molecule has 1 amide bonds. The maximum absolute atomic E-state index is 12.6. The fraction of sp³-hybridized carbons (Fsp3) is 0.562. The lowest BCUT2D eigenvalue weighted by molar-refractivity contribution is -0.229. The third kappa shape index (κ3) is 3.24. The minimum Gasteiger partial charge on any atom is -0.453 e. The number of anilines is 1. The van der Waals surface area contributed by atoms with Gasteiger partial charge in [0.05, 0.1) is 5.69 Å². The molecule has 6 nitrogen and oxygen atoms in total. The summed E-state index contributed by atoms with van der Waals surface area (Å²) < 4.78 is 16.9. The number of fused-ring (bicyclic) bond motifs is 1. The average Bonchev–Trinajstić information content (AvgIpc) is 2.56. The molecule has 0 saturated carbocycles. The Morgan fingerprint density at radius 3 is 2.95 bits per heavy atom. The summed E-state index contributed by atoms with van der Waals surface area (Å²) in [6, 6.07) is 7.35. The summed E-state index contributed by atoms with van der Waals surface area (Å²) in [6.45, 7) is 1.11. The molecule has 3 rings (SSSR count). The van der Waals surface area contributed by atoms with E-state index in [1.807, 2.05) is 24.3 Å². The van der Waals surface area contributed by atoms with Crippen molar-refractivity contribution >= 4 is 11.6 Å². The fourth-order valence-electron chi connectivity index (χ4n) is 2.69. The highest BCUT2D eigenvalue weighted by Gasteiger charge is 2.36. The van der Waals surface area contributed by atoms with Crippen molar-refractivity contribution in [3.63, 3.8) is 0 Å². The predicted molar refractivity (Wildman–Crippen MR) is 79.6 cm³/mol. The van der Waals surface area contributed by atoms with Gasteiger partial charge in [0.25, 0.3) is 12.2 Å². The highest BCUT2D eigenvalue weighted by Crippen LogP contribution is 2.34. The summed E-state index contributed by atoms with van der Waals surface area (Å²) in [5.74, 6) is 0.363. The summed E-state index contributed by atoms with van der Waals surface area (Å²) in [7, 11) is 0. The lowest BCUT2D eigenvalue weighted by Gasteiger charge is -2.36. The smallest absolute Gasteiger partial charge is 0.296 e. The Labute approximate surface area is 129 Å². The zero-order valence-corrected chi connectivity index (χ0v) is 12.4. The largest absolute Gasteiger partial charge is 0.453 e. The molecule has 2 heterocycles. The van der Waals surface area contributed by atoms with Crippen molar-refractivity contribution < 1.29 is 24.1 Å². The first-order valence-electron chi connectivity index (χ1n) is 7.74. The third-order valence-electron chi connectivity index (χ3n) is 3.81. The van der Waals surface area contributed by atoms with Crippen LogP contribution in [-0.2, 0) is 14.3 Å². The number of hydrogen-bond acceptors (Lipinski definition) is 5. The number of nitrogens with zero attached hydrogens (tertiary/aromatic N) is 1. The summed E-state index contributed by atoms with van der Waals surface area (Å²) in [4.78, 5) is 14.2. The van der Waals surface area contributed by atoms with Gasteiger partial charge >= 0.3 is 0 Å². The molecule has 22 heavy (non-hydrogen) atoms. The van der Waals surface area contributed by atoms with Crippen molar-refractivity contribution in [2.45, 2.75) is 38.3 Å². The van der Waals surface area contributed by atoms with Crippen LogP contribution in [0.5, 0.6) is 5.75 Å². The zero-order chi connectivity index (χ0) is 15.4. The first-order valence-corrected chi connectivity index (χ1v) is 7.74. The Morgan fingerprint density at radius 1 is 1.32 bits per heavy atom. The Bertz CT molecular complexity index is 515. The maximum atomic E-state index is 12.6. The fourth-order valence-corrected chi connectivity index (χ4v) is 2.69. The van der Waals surface area contributed by atoms with Crippen molar-refractivity contribution in [2.75, 3.05) is 24.7 Å². The van der Waals surface area contributed by atoms with Crippen LogP contribution >= 0.6 is 0 Å². The molecule has 2 unspecified atom stereocenters. The van der Waals surface area contributed by atoms with E-state index in [0.29, 0.717) is 31.0 Å². The van der Waals surface area contributed by atoms with E-state index in [2.05, 4.69) is 0 Å². The first-order chi connectivity index (χ1) is 10.8. The van der Waals surface area contributed by atoms with Gasteiger partial charge in [0.1, 0.15) is 5.75 Å². The van der Waals surface area contributed by atoms with Gasteiger partial charge in [-0.3, -0.25) is 4.79 Å². The number of carbonyl (C=O) groups is 1. The van der Waals surface area contributed by atoms with Crippen LogP contribution in [0.25, 0.3) is 0 Å². The Balaban J connectivity index is 1.76. The molecule has 1 aromatic carbocycles. The SMILES string of the molecule is O=C1C(OC2CCCCO2)Oc2ccccc2N1CCCO. The van der Waals surface area contributed by atoms with E-state index in [0.717, 1.165) is 19.3 Å². The van der Waals surface area contributed by atoms with E-state index >= 15 is 0 Å². The number of benzene rings is 1. The van der Waals surface area contributed by atoms with E-state index in [9.17, 15) is 4.79 Å². The summed E-state index contributed by atoms with van der Waals surface area (Å²) >= 11 is 0. The number of aliphatic hydroxyl groups excluding tert-OH is 1. The molecule has 0 spiro atoms. The van der Waals surface area contributed by atoms with Crippen molar-refractivity contribution in [2.24, 2.45) is 0 Å². The van der Waals surface area contributed by atoms with Gasteiger partial charge in [-0.05, 0) is 37.8 Å². The highest BCUT2D eigenvalue weighted by atomic mass is 16.8. The number of amides is 1. The van der Waals surface area contributed by atoms with Gasteiger partial charge in [0, 0.05) is 19.8 Å². The van der Waals surface area contributed by atoms with Crippen LogP contribution < -0.4 is 9.64 Å². The first kappa shape index (κ1) is 15.3. The van der Waals surface area contributed by atoms with Crippen LogP contribution in [0.4, 0.5) is 5.69 Å². The number of aliphatic hydroxyl groups is 1.